The van der Waals surface area contributed by atoms with Crippen LogP contribution in [-0.4, -0.2) is 74.1 Å². The van der Waals surface area contributed by atoms with E-state index >= 15 is 0 Å². The van der Waals surface area contributed by atoms with Crippen LogP contribution in [0.5, 0.6) is 0 Å². The highest BCUT2D eigenvalue weighted by Gasteiger charge is 2.27. The first kappa shape index (κ1) is 12.3. The number of carbonyl (C=O) groups is 1. The molecule has 0 aromatic carbocycles. The van der Waals surface area contributed by atoms with Crippen LogP contribution in [0.15, 0.2) is 0 Å². The molecule has 0 radical (unpaired) electrons. The number of amides is 1. The zero-order chi connectivity index (χ0) is 12.1. The molecule has 2 aliphatic heterocycles. The summed E-state index contributed by atoms with van der Waals surface area (Å²) in [5, 5.41) is 14.2. The van der Waals surface area contributed by atoms with Gasteiger partial charge >= 0.3 is 0 Å². The summed E-state index contributed by atoms with van der Waals surface area (Å²) in [4.78, 5) is 16.1. The van der Waals surface area contributed by atoms with Crippen molar-refractivity contribution in [2.24, 2.45) is 0 Å². The second-order valence-electron chi connectivity index (χ2n) is 4.56. The standard InChI is InChI=1S/C11H19N5O/c12-1-2-14-11(17)9-15-3-5-16(6-4-15)10-7-13-8-10/h10,13H,2-9H2,(H,14,17). The van der Waals surface area contributed by atoms with Gasteiger partial charge in [-0.3, -0.25) is 14.6 Å². The van der Waals surface area contributed by atoms with Crippen molar-refractivity contribution in [3.05, 3.63) is 0 Å². The lowest BCUT2D eigenvalue weighted by Gasteiger charge is -2.43. The van der Waals surface area contributed by atoms with E-state index in [1.54, 1.807) is 0 Å². The average Bonchev–Trinajstić information content (AvgIpc) is 2.27. The molecule has 1 amide bonds. The van der Waals surface area contributed by atoms with E-state index in [0.717, 1.165) is 39.3 Å². The lowest BCUT2D eigenvalue weighted by molar-refractivity contribution is -0.122. The van der Waals surface area contributed by atoms with Gasteiger partial charge in [0.05, 0.1) is 12.6 Å². The molecule has 6 nitrogen and oxygen atoms in total. The summed E-state index contributed by atoms with van der Waals surface area (Å²) in [5.41, 5.74) is 0. The molecule has 2 fully saturated rings. The smallest absolute Gasteiger partial charge is 0.235 e. The molecule has 0 aliphatic carbocycles. The molecule has 0 aromatic heterocycles. The van der Waals surface area contributed by atoms with Gasteiger partial charge in [0.25, 0.3) is 0 Å². The average molecular weight is 237 g/mol. The maximum Gasteiger partial charge on any atom is 0.235 e. The molecular weight excluding hydrogens is 218 g/mol. The van der Waals surface area contributed by atoms with Gasteiger partial charge < -0.3 is 10.6 Å². The van der Waals surface area contributed by atoms with Crippen molar-refractivity contribution in [3.63, 3.8) is 0 Å². The molecule has 0 atom stereocenters. The van der Waals surface area contributed by atoms with Crippen LogP contribution < -0.4 is 10.6 Å². The summed E-state index contributed by atoms with van der Waals surface area (Å²) in [6.45, 7) is 6.68. The van der Waals surface area contributed by atoms with Crippen LogP contribution in [-0.2, 0) is 4.79 Å². The summed E-state index contributed by atoms with van der Waals surface area (Å²) >= 11 is 0. The number of nitrogens with one attached hydrogen (secondary N) is 2. The lowest BCUT2D eigenvalue weighted by atomic mass is 10.1. The van der Waals surface area contributed by atoms with Gasteiger partial charge in [0.15, 0.2) is 0 Å². The van der Waals surface area contributed by atoms with E-state index in [2.05, 4.69) is 20.4 Å². The zero-order valence-electron chi connectivity index (χ0n) is 9.98. The number of hydrogen-bond acceptors (Lipinski definition) is 5. The highest BCUT2D eigenvalue weighted by molar-refractivity contribution is 5.78. The number of piperazine rings is 1. The number of nitriles is 1. The molecule has 0 aromatic rings. The quantitative estimate of drug-likeness (QED) is 0.565. The Morgan fingerprint density at radius 3 is 2.59 bits per heavy atom. The fourth-order valence-electron chi connectivity index (χ4n) is 2.22. The van der Waals surface area contributed by atoms with Crippen molar-refractivity contribution in [2.45, 2.75) is 6.04 Å². The minimum atomic E-state index is -0.0506. The summed E-state index contributed by atoms with van der Waals surface area (Å²) < 4.78 is 0. The number of hydrogen-bond donors (Lipinski definition) is 2. The van der Waals surface area contributed by atoms with Gasteiger partial charge in [-0.1, -0.05) is 0 Å². The van der Waals surface area contributed by atoms with Crippen LogP contribution in [0.3, 0.4) is 0 Å². The minimum absolute atomic E-state index is 0.0506. The van der Waals surface area contributed by atoms with Crippen molar-refractivity contribution in [1.82, 2.24) is 20.4 Å². The number of nitrogens with zero attached hydrogens (tertiary/aromatic N) is 3. The van der Waals surface area contributed by atoms with E-state index in [1.807, 2.05) is 6.07 Å². The van der Waals surface area contributed by atoms with Crippen molar-refractivity contribution < 1.29 is 4.79 Å². The van der Waals surface area contributed by atoms with E-state index < -0.39 is 0 Å². The van der Waals surface area contributed by atoms with E-state index in [0.29, 0.717) is 12.6 Å². The summed E-state index contributed by atoms with van der Waals surface area (Å²) in [6, 6.07) is 2.61. The van der Waals surface area contributed by atoms with Crippen LogP contribution >= 0.6 is 0 Å². The Labute approximate surface area is 102 Å². The van der Waals surface area contributed by atoms with Crippen molar-refractivity contribution >= 4 is 5.91 Å². The highest BCUT2D eigenvalue weighted by atomic mass is 16.2. The molecule has 2 N–H and O–H groups in total. The van der Waals surface area contributed by atoms with Crippen LogP contribution in [0.4, 0.5) is 0 Å². The first-order valence-electron chi connectivity index (χ1n) is 6.10. The normalized spacial score (nSPS) is 22.8. The molecule has 2 aliphatic rings. The summed E-state index contributed by atoms with van der Waals surface area (Å²) in [7, 11) is 0. The third-order valence-electron chi connectivity index (χ3n) is 3.42. The first-order chi connectivity index (χ1) is 8.29. The van der Waals surface area contributed by atoms with Crippen LogP contribution in [0, 0.1) is 11.3 Å². The molecule has 2 saturated heterocycles. The molecule has 0 bridgehead atoms. The molecule has 0 spiro atoms. The predicted molar refractivity (Wildman–Crippen MR) is 63.3 cm³/mol. The molecule has 0 saturated carbocycles. The molecule has 6 heteroatoms. The Kier molecular flexibility index (Phi) is 4.31. The van der Waals surface area contributed by atoms with Gasteiger partial charge in [0.2, 0.25) is 5.91 Å². The Balaban J connectivity index is 1.64. The zero-order valence-corrected chi connectivity index (χ0v) is 9.98. The van der Waals surface area contributed by atoms with Crippen LogP contribution in [0.2, 0.25) is 0 Å². The molecule has 2 heterocycles. The SMILES string of the molecule is N#CCNC(=O)CN1CCN(C2CNC2)CC1. The fraction of sp³-hybridized carbons (Fsp3) is 0.818. The Hall–Kier alpha value is -1.16. The van der Waals surface area contributed by atoms with Crippen LogP contribution in [0.25, 0.3) is 0 Å². The molecule has 94 valence electrons. The van der Waals surface area contributed by atoms with Gasteiger partial charge in [-0.2, -0.15) is 5.26 Å². The Morgan fingerprint density at radius 1 is 1.35 bits per heavy atom. The molecule has 0 unspecified atom stereocenters. The van der Waals surface area contributed by atoms with Gasteiger partial charge in [-0.05, 0) is 0 Å². The molecular formula is C11H19N5O. The summed E-state index contributed by atoms with van der Waals surface area (Å²) in [6.07, 6.45) is 0. The maximum atomic E-state index is 11.4. The fourth-order valence-corrected chi connectivity index (χ4v) is 2.22. The van der Waals surface area contributed by atoms with Gasteiger partial charge in [0, 0.05) is 45.3 Å². The van der Waals surface area contributed by atoms with Crippen molar-refractivity contribution in [3.8, 4) is 6.07 Å². The summed E-state index contributed by atoms with van der Waals surface area (Å²) in [5.74, 6) is -0.0506. The Morgan fingerprint density at radius 2 is 2.06 bits per heavy atom. The number of carbonyl (C=O) groups excluding carboxylic acids is 1. The van der Waals surface area contributed by atoms with Gasteiger partial charge in [0.1, 0.15) is 6.54 Å². The monoisotopic (exact) mass is 237 g/mol. The predicted octanol–water partition coefficient (Wildman–Crippen LogP) is -1.78. The number of rotatable bonds is 4. The van der Waals surface area contributed by atoms with E-state index in [-0.39, 0.29) is 12.5 Å². The van der Waals surface area contributed by atoms with Crippen molar-refractivity contribution in [2.75, 3.05) is 52.4 Å². The highest BCUT2D eigenvalue weighted by Crippen LogP contribution is 2.09. The van der Waals surface area contributed by atoms with Gasteiger partial charge in [-0.25, -0.2) is 0 Å². The van der Waals surface area contributed by atoms with E-state index in [1.165, 1.54) is 0 Å². The second-order valence-corrected chi connectivity index (χ2v) is 4.56. The van der Waals surface area contributed by atoms with Crippen LogP contribution in [0.1, 0.15) is 0 Å². The third-order valence-corrected chi connectivity index (χ3v) is 3.42. The lowest BCUT2D eigenvalue weighted by Crippen LogP contribution is -2.62. The van der Waals surface area contributed by atoms with Gasteiger partial charge in [-0.15, -0.1) is 0 Å². The largest absolute Gasteiger partial charge is 0.342 e. The van der Waals surface area contributed by atoms with E-state index in [4.69, 9.17) is 5.26 Å². The maximum absolute atomic E-state index is 11.4. The Bertz CT molecular complexity index is 301. The topological polar surface area (TPSA) is 71.4 Å². The molecule has 2 rings (SSSR count). The third kappa shape index (κ3) is 3.40. The second kappa shape index (κ2) is 5.96. The first-order valence-corrected chi connectivity index (χ1v) is 6.10. The molecule has 17 heavy (non-hydrogen) atoms. The minimum Gasteiger partial charge on any atom is -0.342 e. The van der Waals surface area contributed by atoms with E-state index in [9.17, 15) is 4.79 Å². The van der Waals surface area contributed by atoms with Crippen molar-refractivity contribution in [1.29, 1.82) is 5.26 Å².